The van der Waals surface area contributed by atoms with Gasteiger partial charge in [0, 0.05) is 28.4 Å². The summed E-state index contributed by atoms with van der Waals surface area (Å²) in [6, 6.07) is 18.8. The molecule has 2 aliphatic rings. The molecule has 3 aromatic rings. The van der Waals surface area contributed by atoms with Gasteiger partial charge < -0.3 is 14.6 Å². The summed E-state index contributed by atoms with van der Waals surface area (Å²) >= 11 is 1.65. The molecule has 0 amide bonds. The van der Waals surface area contributed by atoms with Crippen molar-refractivity contribution < 1.29 is 44.2 Å². The molecule has 1 aliphatic heterocycles. The van der Waals surface area contributed by atoms with Crippen LogP contribution in [0.4, 0.5) is 0 Å². The Bertz CT molecular complexity index is 1290. The van der Waals surface area contributed by atoms with Gasteiger partial charge in [-0.15, -0.1) is 11.8 Å². The van der Waals surface area contributed by atoms with Gasteiger partial charge in [-0.1, -0.05) is 56.3 Å². The Morgan fingerprint density at radius 1 is 1.06 bits per heavy atom. The quantitative estimate of drug-likeness (QED) is 0.481. The van der Waals surface area contributed by atoms with Crippen molar-refractivity contribution in [1.82, 2.24) is 4.98 Å². The number of carboxylic acid groups (broad SMARTS) is 1. The Kier molecular flexibility index (Phi) is 8.67. The molecule has 5 rings (SSSR count). The first-order valence-electron chi connectivity index (χ1n) is 12.3. The molecule has 0 bridgehead atoms. The average Bonchev–Trinajstić information content (AvgIpc) is 2.98. The molecule has 1 unspecified atom stereocenters. The average molecular weight is 508 g/mol. The van der Waals surface area contributed by atoms with Gasteiger partial charge in [-0.05, 0) is 72.2 Å². The molecule has 4 nitrogen and oxygen atoms in total. The molecule has 2 aromatic carbocycles. The molecular formula is C30H30NNaO3S. The number of aliphatic carboxylic acids is 1. The maximum atomic E-state index is 11.4. The third-order valence-corrected chi connectivity index (χ3v) is 8.22. The van der Waals surface area contributed by atoms with Crippen LogP contribution in [-0.4, -0.2) is 15.7 Å². The molecule has 0 fully saturated rings. The predicted octanol–water partition coefficient (Wildman–Crippen LogP) is 2.77. The Balaban J connectivity index is 0.00000304. The van der Waals surface area contributed by atoms with Gasteiger partial charge in [0.25, 0.3) is 0 Å². The van der Waals surface area contributed by atoms with E-state index in [2.05, 4.69) is 48.6 Å². The monoisotopic (exact) mass is 507 g/mol. The van der Waals surface area contributed by atoms with Crippen LogP contribution < -0.4 is 39.4 Å². The Hall–Kier alpha value is -2.05. The molecule has 36 heavy (non-hydrogen) atoms. The molecule has 0 radical (unpaired) electrons. The number of fused-ring (bicyclic) bond motifs is 3. The standard InChI is InChI=1S/C30H31NO3S.Na/c1-30(2,18-28(32)33)35-29-24-9-5-3-8-22(24)19-34-27-16-12-20(17-25(27)29)11-14-23-15-13-21-7-4-6-10-26(21)31-23;/h3,5,8-9,11-17,29H,4,6-7,10,18-19H2,1-2H3,(H,32,33);/q;+1/p-1/b14-11+;. The second-order valence-corrected chi connectivity index (χ2v) is 11.8. The summed E-state index contributed by atoms with van der Waals surface area (Å²) in [4.78, 5) is 16.3. The van der Waals surface area contributed by atoms with Crippen molar-refractivity contribution in [1.29, 1.82) is 0 Å². The van der Waals surface area contributed by atoms with E-state index >= 15 is 0 Å². The molecule has 0 saturated heterocycles. The second-order valence-electron chi connectivity index (χ2n) is 9.97. The van der Waals surface area contributed by atoms with Crippen LogP contribution in [0, 0.1) is 0 Å². The van der Waals surface area contributed by atoms with E-state index in [1.165, 1.54) is 29.7 Å². The maximum absolute atomic E-state index is 11.4. The number of carboxylic acids is 1. The van der Waals surface area contributed by atoms with E-state index in [0.717, 1.165) is 41.0 Å². The van der Waals surface area contributed by atoms with E-state index in [0.29, 0.717) is 6.61 Å². The number of pyridine rings is 1. The van der Waals surface area contributed by atoms with E-state index in [4.69, 9.17) is 9.72 Å². The van der Waals surface area contributed by atoms with Crippen molar-refractivity contribution in [2.45, 2.75) is 62.6 Å². The Morgan fingerprint density at radius 3 is 2.69 bits per heavy atom. The van der Waals surface area contributed by atoms with Gasteiger partial charge in [-0.3, -0.25) is 4.98 Å². The fourth-order valence-electron chi connectivity index (χ4n) is 4.96. The second kappa shape index (κ2) is 11.6. The number of carbonyl (C=O) groups excluding carboxylic acids is 1. The zero-order valence-electron chi connectivity index (χ0n) is 21.3. The van der Waals surface area contributed by atoms with Crippen molar-refractivity contribution in [3.05, 3.63) is 93.8 Å². The first kappa shape index (κ1) is 27.0. The SMILES string of the molecule is CC(C)(CC(=O)[O-])SC1c2ccccc2COc2ccc(/C=C/c3ccc4c(n3)CCCC4)cc21.[Na+]. The number of hydrogen-bond acceptors (Lipinski definition) is 5. The molecule has 0 spiro atoms. The molecule has 1 atom stereocenters. The molecular weight excluding hydrogens is 477 g/mol. The van der Waals surface area contributed by atoms with Gasteiger partial charge in [0.05, 0.1) is 10.9 Å². The van der Waals surface area contributed by atoms with Gasteiger partial charge in [-0.25, -0.2) is 0 Å². The van der Waals surface area contributed by atoms with Crippen molar-refractivity contribution in [3.63, 3.8) is 0 Å². The minimum absolute atomic E-state index is 0. The largest absolute Gasteiger partial charge is 1.00 e. The minimum atomic E-state index is -1.03. The van der Waals surface area contributed by atoms with Crippen LogP contribution in [-0.2, 0) is 24.2 Å². The number of aromatic nitrogens is 1. The summed E-state index contributed by atoms with van der Waals surface area (Å²) in [6.45, 7) is 4.43. The summed E-state index contributed by atoms with van der Waals surface area (Å²) in [5.41, 5.74) is 8.01. The van der Waals surface area contributed by atoms with Crippen LogP contribution in [0.1, 0.15) is 77.6 Å². The normalized spacial score (nSPS) is 16.7. The fourth-order valence-corrected chi connectivity index (χ4v) is 6.47. The number of ether oxygens (including phenoxy) is 1. The Morgan fingerprint density at radius 2 is 1.86 bits per heavy atom. The van der Waals surface area contributed by atoms with Gasteiger partial charge in [-0.2, -0.15) is 0 Å². The third-order valence-electron chi connectivity index (χ3n) is 6.69. The first-order valence-corrected chi connectivity index (χ1v) is 13.1. The van der Waals surface area contributed by atoms with E-state index in [9.17, 15) is 9.90 Å². The number of thioether (sulfide) groups is 1. The van der Waals surface area contributed by atoms with Crippen molar-refractivity contribution >= 4 is 29.9 Å². The smallest absolute Gasteiger partial charge is 0.550 e. The van der Waals surface area contributed by atoms with Gasteiger partial charge in [0.15, 0.2) is 0 Å². The zero-order valence-corrected chi connectivity index (χ0v) is 24.1. The molecule has 0 saturated carbocycles. The molecule has 2 heterocycles. The van der Waals surface area contributed by atoms with Crippen molar-refractivity contribution in [2.75, 3.05) is 0 Å². The van der Waals surface area contributed by atoms with Crippen LogP contribution in [0.15, 0.2) is 54.6 Å². The topological polar surface area (TPSA) is 62.2 Å². The van der Waals surface area contributed by atoms with Gasteiger partial charge >= 0.3 is 29.6 Å². The van der Waals surface area contributed by atoms with Crippen LogP contribution in [0.25, 0.3) is 12.2 Å². The molecule has 1 aliphatic carbocycles. The molecule has 1 aromatic heterocycles. The minimum Gasteiger partial charge on any atom is -0.550 e. The van der Waals surface area contributed by atoms with Gasteiger partial charge in [0.2, 0.25) is 0 Å². The number of carbonyl (C=O) groups is 1. The van der Waals surface area contributed by atoms with Crippen LogP contribution >= 0.6 is 11.8 Å². The first-order chi connectivity index (χ1) is 16.9. The van der Waals surface area contributed by atoms with Crippen LogP contribution in [0.5, 0.6) is 5.75 Å². The molecule has 0 N–H and O–H groups in total. The predicted molar refractivity (Wildman–Crippen MR) is 140 cm³/mol. The number of rotatable bonds is 6. The van der Waals surface area contributed by atoms with Crippen LogP contribution in [0.2, 0.25) is 0 Å². The third kappa shape index (κ3) is 6.25. The summed E-state index contributed by atoms with van der Waals surface area (Å²) in [5.74, 6) is -0.192. The van der Waals surface area contributed by atoms with E-state index < -0.39 is 10.7 Å². The Labute approximate surface area is 239 Å². The summed E-state index contributed by atoms with van der Waals surface area (Å²) in [5, 5.41) is 11.4. The molecule has 6 heteroatoms. The zero-order chi connectivity index (χ0) is 24.4. The van der Waals surface area contributed by atoms with Gasteiger partial charge in [0.1, 0.15) is 12.4 Å². The summed E-state index contributed by atoms with van der Waals surface area (Å²) < 4.78 is 5.70. The van der Waals surface area contributed by atoms with Crippen LogP contribution in [0.3, 0.4) is 0 Å². The van der Waals surface area contributed by atoms with E-state index in [1.54, 1.807) is 11.8 Å². The molecule has 180 valence electrons. The van der Waals surface area contributed by atoms with Crippen molar-refractivity contribution in [2.24, 2.45) is 0 Å². The number of nitrogens with zero attached hydrogens (tertiary/aromatic N) is 1. The number of hydrogen-bond donors (Lipinski definition) is 0. The number of aryl methyl sites for hydroxylation is 2. The fraction of sp³-hybridized carbons (Fsp3) is 0.333. The summed E-state index contributed by atoms with van der Waals surface area (Å²) in [6.07, 6.45) is 8.82. The maximum Gasteiger partial charge on any atom is 1.00 e. The number of benzene rings is 2. The van der Waals surface area contributed by atoms with Crippen molar-refractivity contribution in [3.8, 4) is 5.75 Å². The van der Waals surface area contributed by atoms with E-state index in [1.807, 2.05) is 32.0 Å². The summed E-state index contributed by atoms with van der Waals surface area (Å²) in [7, 11) is 0. The van der Waals surface area contributed by atoms with E-state index in [-0.39, 0.29) is 41.2 Å².